The third-order valence-corrected chi connectivity index (χ3v) is 12.8. The van der Waals surface area contributed by atoms with Crippen LogP contribution in [0.4, 0.5) is 0 Å². The molecule has 0 fully saturated rings. The summed E-state index contributed by atoms with van der Waals surface area (Å²) in [5.74, 6) is -4.11. The first-order valence-electron chi connectivity index (χ1n) is 22.4. The number of carbonyl (C=O) groups excluding carboxylic acids is 4. The molecule has 0 heterocycles. The molecule has 356 valence electrons. The predicted molar refractivity (Wildman–Crippen MR) is 274 cm³/mol. The van der Waals surface area contributed by atoms with E-state index in [-0.39, 0.29) is 30.2 Å². The van der Waals surface area contributed by atoms with Crippen molar-refractivity contribution in [3.05, 3.63) is 229 Å². The fourth-order valence-corrected chi connectivity index (χ4v) is 9.26. The quantitative estimate of drug-likeness (QED) is 0.0256. The number of benzene rings is 4. The molecule has 68 heavy (non-hydrogen) atoms. The van der Waals surface area contributed by atoms with Crippen LogP contribution in [0.5, 0.6) is 0 Å². The lowest BCUT2D eigenvalue weighted by Crippen LogP contribution is -2.31. The Morgan fingerprint density at radius 2 is 0.853 bits per heavy atom. The number of hydrogen-bond acceptors (Lipinski definition) is 8. The topological polar surface area (TPSA) is 161 Å². The minimum Gasteiger partial charge on any atom is -0.478 e. The van der Waals surface area contributed by atoms with Crippen LogP contribution < -0.4 is 5.48 Å². The number of carboxylic acids is 1. The van der Waals surface area contributed by atoms with Crippen molar-refractivity contribution in [2.24, 2.45) is 0 Å². The molecule has 2 unspecified atom stereocenters. The van der Waals surface area contributed by atoms with Crippen LogP contribution in [-0.2, 0) is 50.4 Å². The molecule has 1 amide bonds. The molecule has 0 saturated heterocycles. The Bertz CT molecular complexity index is 2330. The molecule has 4 aromatic carbocycles. The number of carboxylic acid groups (broad SMARTS) is 1. The van der Waals surface area contributed by atoms with Crippen LogP contribution in [-0.4, -0.2) is 54.4 Å². The van der Waals surface area contributed by atoms with Gasteiger partial charge in [-0.15, -0.1) is 0 Å². The molecule has 0 aliphatic heterocycles. The number of nitrogens with one attached hydrogen (secondary N) is 1. The number of rotatable bonds is 27. The zero-order valence-corrected chi connectivity index (χ0v) is 40.0. The highest BCUT2D eigenvalue weighted by atomic mass is 32.2. The fraction of sp³-hybridized carbons (Fsp3) is 0.232. The van der Waals surface area contributed by atoms with Gasteiger partial charge in [0.2, 0.25) is 0 Å². The zero-order valence-electron chi connectivity index (χ0n) is 38.4. The van der Waals surface area contributed by atoms with Crippen molar-refractivity contribution in [3.8, 4) is 0 Å². The van der Waals surface area contributed by atoms with Gasteiger partial charge in [0.1, 0.15) is 11.5 Å². The van der Waals surface area contributed by atoms with E-state index in [1.807, 2.05) is 139 Å². The van der Waals surface area contributed by atoms with Crippen molar-refractivity contribution >= 4 is 51.0 Å². The number of amides is 1. The Labute approximate surface area is 405 Å². The molecule has 0 bridgehead atoms. The van der Waals surface area contributed by atoms with Gasteiger partial charge in [0.25, 0.3) is 5.91 Å². The van der Waals surface area contributed by atoms with Gasteiger partial charge in [-0.25, -0.2) is 9.59 Å². The SMILES string of the molecule is CC/C=C\C/C=C\C/C=C\C/C=C\C/C=C\C/C=C\CC(=O)CC(=O)CS(=O)C(c1ccccc1)c1ccccc1.O=C(O)/C=C/C(=O)ONC(=O)CS(=O)C(c1ccccc1)c1ccccc1. The summed E-state index contributed by atoms with van der Waals surface area (Å²) in [4.78, 5) is 62.8. The summed E-state index contributed by atoms with van der Waals surface area (Å²) in [6.07, 6.45) is 32.2. The molecule has 4 rings (SSSR count). The number of Topliss-reactive ketones (excluding diaryl/α,β-unsaturated/α-hetero) is 2. The zero-order chi connectivity index (χ0) is 49.0. The van der Waals surface area contributed by atoms with Gasteiger partial charge in [-0.3, -0.25) is 22.8 Å². The summed E-state index contributed by atoms with van der Waals surface area (Å²) in [5, 5.41) is 7.48. The molecule has 2 N–H and O–H groups in total. The third-order valence-electron chi connectivity index (χ3n) is 9.48. The molecular weight excluding hydrogens is 895 g/mol. The Morgan fingerprint density at radius 3 is 1.22 bits per heavy atom. The molecule has 12 heteroatoms. The molecular formula is C56H61NO9S2. The first-order valence-corrected chi connectivity index (χ1v) is 25.1. The average molecular weight is 956 g/mol. The van der Waals surface area contributed by atoms with Crippen LogP contribution in [0.1, 0.15) is 91.0 Å². The Morgan fingerprint density at radius 1 is 0.500 bits per heavy atom. The van der Waals surface area contributed by atoms with E-state index < -0.39 is 55.7 Å². The monoisotopic (exact) mass is 955 g/mol. The van der Waals surface area contributed by atoms with Gasteiger partial charge in [0.05, 0.1) is 22.7 Å². The molecule has 0 aromatic heterocycles. The fourth-order valence-electron chi connectivity index (χ4n) is 6.35. The van der Waals surface area contributed by atoms with Gasteiger partial charge in [-0.05, 0) is 60.8 Å². The van der Waals surface area contributed by atoms with Crippen LogP contribution in [0.15, 0.2) is 206 Å². The second-order valence-electron chi connectivity index (χ2n) is 14.9. The summed E-state index contributed by atoms with van der Waals surface area (Å²) < 4.78 is 26.0. The average Bonchev–Trinajstić information content (AvgIpc) is 3.34. The van der Waals surface area contributed by atoms with Crippen LogP contribution in [0.25, 0.3) is 0 Å². The second kappa shape index (κ2) is 34.4. The summed E-state index contributed by atoms with van der Waals surface area (Å²) in [7, 11) is -3.10. The maximum absolute atomic E-state index is 13.2. The lowest BCUT2D eigenvalue weighted by atomic mass is 10.0. The molecule has 10 nitrogen and oxygen atoms in total. The van der Waals surface area contributed by atoms with Crippen molar-refractivity contribution in [1.29, 1.82) is 0 Å². The summed E-state index contributed by atoms with van der Waals surface area (Å²) in [5.41, 5.74) is 5.24. The lowest BCUT2D eigenvalue weighted by Gasteiger charge is -2.17. The van der Waals surface area contributed by atoms with Crippen LogP contribution in [0.3, 0.4) is 0 Å². The van der Waals surface area contributed by atoms with Gasteiger partial charge in [-0.1, -0.05) is 201 Å². The van der Waals surface area contributed by atoms with E-state index in [4.69, 9.17) is 5.11 Å². The van der Waals surface area contributed by atoms with Crippen LogP contribution in [0, 0.1) is 0 Å². The second-order valence-corrected chi connectivity index (χ2v) is 18.0. The Kier molecular flexibility index (Phi) is 28.1. The van der Waals surface area contributed by atoms with E-state index in [9.17, 15) is 32.4 Å². The van der Waals surface area contributed by atoms with Gasteiger partial charge in [0, 0.05) is 40.2 Å². The molecule has 0 aliphatic carbocycles. The van der Waals surface area contributed by atoms with Crippen LogP contribution in [0.2, 0.25) is 0 Å². The van der Waals surface area contributed by atoms with Crippen molar-refractivity contribution in [2.45, 2.75) is 68.8 Å². The Balaban J connectivity index is 0.000000392. The maximum Gasteiger partial charge on any atom is 0.356 e. The summed E-state index contributed by atoms with van der Waals surface area (Å²) in [6.45, 7) is 2.14. The van der Waals surface area contributed by atoms with Crippen LogP contribution >= 0.6 is 0 Å². The first kappa shape index (κ1) is 55.4. The van der Waals surface area contributed by atoms with Gasteiger partial charge in [0.15, 0.2) is 5.78 Å². The van der Waals surface area contributed by atoms with E-state index in [0.717, 1.165) is 60.8 Å². The smallest absolute Gasteiger partial charge is 0.356 e. The van der Waals surface area contributed by atoms with Gasteiger partial charge in [-0.2, -0.15) is 5.48 Å². The predicted octanol–water partition coefficient (Wildman–Crippen LogP) is 10.9. The molecule has 0 aliphatic rings. The number of hydroxylamine groups is 1. The highest BCUT2D eigenvalue weighted by Crippen LogP contribution is 2.29. The Hall–Kier alpha value is -6.89. The van der Waals surface area contributed by atoms with E-state index in [0.29, 0.717) is 12.2 Å². The summed E-state index contributed by atoms with van der Waals surface area (Å²) >= 11 is 0. The lowest BCUT2D eigenvalue weighted by molar-refractivity contribution is -0.152. The van der Waals surface area contributed by atoms with Crippen molar-refractivity contribution in [1.82, 2.24) is 5.48 Å². The van der Waals surface area contributed by atoms with E-state index in [2.05, 4.69) is 72.5 Å². The largest absolute Gasteiger partial charge is 0.478 e. The third kappa shape index (κ3) is 24.0. The van der Waals surface area contributed by atoms with Gasteiger partial charge >= 0.3 is 11.9 Å². The number of aliphatic carboxylic acids is 1. The van der Waals surface area contributed by atoms with E-state index in [1.165, 1.54) is 0 Å². The summed E-state index contributed by atoms with van der Waals surface area (Å²) in [6, 6.07) is 37.4. The minimum absolute atomic E-state index is 0.135. The van der Waals surface area contributed by atoms with Crippen molar-refractivity contribution in [3.63, 3.8) is 0 Å². The number of hydrogen-bond donors (Lipinski definition) is 2. The van der Waals surface area contributed by atoms with E-state index >= 15 is 0 Å². The standard InChI is InChI=1S/C37H44O3S.C19H17NO6S/c1-2-3-4-5-6-7-8-9-10-11-12-13-14-15-16-17-18-25-30-35(38)31-36(39)32-41(40)37(33-26-21-19-22-27-33)34-28-23-20-24-29-34;21-16(20-26-18(24)12-11-17(22)23)13-27(25)19(14-7-3-1-4-8-14)15-9-5-2-6-10-15/h3-4,6-7,9-10,12-13,15-16,18-29,37H,2,5,8,11,14,17,30-32H2,1H3;1-12,19H,13H2,(H,20,21)(H,22,23)/b4-3-,7-6-,10-9-,13-12-,16-15-,25-18-;12-11+. The highest BCUT2D eigenvalue weighted by Gasteiger charge is 2.25. The highest BCUT2D eigenvalue weighted by molar-refractivity contribution is 7.86. The maximum atomic E-state index is 13.2. The van der Waals surface area contributed by atoms with E-state index in [1.54, 1.807) is 0 Å². The molecule has 0 saturated carbocycles. The first-order chi connectivity index (χ1) is 33.1. The van der Waals surface area contributed by atoms with Crippen molar-refractivity contribution in [2.75, 3.05) is 11.5 Å². The molecule has 0 radical (unpaired) electrons. The molecule has 0 spiro atoms. The van der Waals surface area contributed by atoms with Crippen molar-refractivity contribution < 1.29 is 42.3 Å². The minimum atomic E-state index is -1.63. The molecule has 4 aromatic rings. The number of carbonyl (C=O) groups is 5. The number of allylic oxidation sites excluding steroid dienone is 12. The normalized spacial score (nSPS) is 12.7. The molecule has 2 atom stereocenters. The van der Waals surface area contributed by atoms with Gasteiger partial charge < -0.3 is 9.94 Å². The number of ketones is 2.